The lowest BCUT2D eigenvalue weighted by Gasteiger charge is -2.36. The number of aromatic nitrogens is 2. The Balaban J connectivity index is 1.31. The molecule has 2 N–H and O–H groups in total. The van der Waals surface area contributed by atoms with Crippen LogP contribution in [0.4, 0.5) is 5.82 Å². The molecule has 1 aliphatic rings. The summed E-state index contributed by atoms with van der Waals surface area (Å²) in [6.45, 7) is 5.94. The normalized spacial score (nSPS) is 15.8. The van der Waals surface area contributed by atoms with Crippen LogP contribution in [0.1, 0.15) is 36.9 Å². The SMILES string of the molecule is Cc1ccccc1-n1nccc1NC(=O)C(=O)NC1CCN(C(C)c2ccccc2)CC1. The van der Waals surface area contributed by atoms with Crippen molar-refractivity contribution in [1.29, 1.82) is 0 Å². The van der Waals surface area contributed by atoms with E-state index >= 15 is 0 Å². The van der Waals surface area contributed by atoms with Crippen LogP contribution in [-0.2, 0) is 9.59 Å². The standard InChI is InChI=1S/C25H29N5O2/c1-18-8-6-7-11-22(18)30-23(12-15-26-30)28-25(32)24(31)27-21-13-16-29(17-14-21)19(2)20-9-4-3-5-10-20/h3-12,15,19,21H,13-14,16-17H2,1-2H3,(H,27,31)(H,28,32). The highest BCUT2D eigenvalue weighted by Gasteiger charge is 2.26. The summed E-state index contributed by atoms with van der Waals surface area (Å²) < 4.78 is 1.63. The second kappa shape index (κ2) is 9.78. The summed E-state index contributed by atoms with van der Waals surface area (Å²) in [5.41, 5.74) is 3.17. The van der Waals surface area contributed by atoms with Crippen molar-refractivity contribution in [2.45, 2.75) is 38.8 Å². The maximum atomic E-state index is 12.5. The van der Waals surface area contributed by atoms with Gasteiger partial charge in [-0.05, 0) is 43.9 Å². The number of hydrogen-bond acceptors (Lipinski definition) is 4. The molecule has 1 aromatic heterocycles. The van der Waals surface area contributed by atoms with Gasteiger partial charge in [0.15, 0.2) is 0 Å². The van der Waals surface area contributed by atoms with E-state index in [9.17, 15) is 9.59 Å². The monoisotopic (exact) mass is 431 g/mol. The van der Waals surface area contributed by atoms with E-state index in [2.05, 4.69) is 51.8 Å². The fraction of sp³-hybridized carbons (Fsp3) is 0.320. The molecule has 3 aromatic rings. The van der Waals surface area contributed by atoms with Gasteiger partial charge in [0.2, 0.25) is 0 Å². The van der Waals surface area contributed by atoms with Gasteiger partial charge in [-0.1, -0.05) is 48.5 Å². The van der Waals surface area contributed by atoms with Crippen molar-refractivity contribution >= 4 is 17.6 Å². The molecule has 2 heterocycles. The number of carbonyl (C=O) groups is 2. The molecular formula is C25H29N5O2. The van der Waals surface area contributed by atoms with Gasteiger partial charge in [0.1, 0.15) is 5.82 Å². The summed E-state index contributed by atoms with van der Waals surface area (Å²) in [5, 5.41) is 9.88. The van der Waals surface area contributed by atoms with E-state index in [0.717, 1.165) is 37.2 Å². The Labute approximate surface area is 188 Å². The van der Waals surface area contributed by atoms with Crippen LogP contribution in [0.15, 0.2) is 66.9 Å². The molecule has 1 saturated heterocycles. The number of nitrogens with zero attached hydrogens (tertiary/aromatic N) is 3. The Hall–Kier alpha value is -3.45. The number of rotatable bonds is 5. The molecule has 0 radical (unpaired) electrons. The lowest BCUT2D eigenvalue weighted by atomic mass is 10.00. The Morgan fingerprint density at radius 3 is 2.38 bits per heavy atom. The zero-order chi connectivity index (χ0) is 22.5. The second-order valence-corrected chi connectivity index (χ2v) is 8.24. The van der Waals surface area contributed by atoms with Crippen molar-refractivity contribution in [2.24, 2.45) is 0 Å². The van der Waals surface area contributed by atoms with E-state index in [0.29, 0.717) is 11.9 Å². The molecule has 0 bridgehead atoms. The molecule has 4 rings (SSSR count). The van der Waals surface area contributed by atoms with Crippen molar-refractivity contribution in [3.63, 3.8) is 0 Å². The molecule has 7 nitrogen and oxygen atoms in total. The summed E-state index contributed by atoms with van der Waals surface area (Å²) in [6.07, 6.45) is 3.23. The van der Waals surface area contributed by atoms with Gasteiger partial charge in [0.05, 0.1) is 11.9 Å². The number of hydrogen-bond donors (Lipinski definition) is 2. The molecule has 1 atom stereocenters. The number of para-hydroxylation sites is 1. The minimum Gasteiger partial charge on any atom is -0.345 e. The van der Waals surface area contributed by atoms with Crippen LogP contribution >= 0.6 is 0 Å². The summed E-state index contributed by atoms with van der Waals surface area (Å²) in [5.74, 6) is -0.830. The van der Waals surface area contributed by atoms with Crippen LogP contribution < -0.4 is 10.6 Å². The van der Waals surface area contributed by atoms with Gasteiger partial charge in [0.25, 0.3) is 0 Å². The molecular weight excluding hydrogens is 402 g/mol. The van der Waals surface area contributed by atoms with Crippen LogP contribution in [0.5, 0.6) is 0 Å². The summed E-state index contributed by atoms with van der Waals surface area (Å²) in [6, 6.07) is 20.2. The molecule has 0 aliphatic carbocycles. The largest absolute Gasteiger partial charge is 0.345 e. The first kappa shape index (κ1) is 21.8. The van der Waals surface area contributed by atoms with Crippen molar-refractivity contribution in [3.05, 3.63) is 78.0 Å². The van der Waals surface area contributed by atoms with Gasteiger partial charge in [-0.15, -0.1) is 0 Å². The first-order chi connectivity index (χ1) is 15.5. The van der Waals surface area contributed by atoms with E-state index in [4.69, 9.17) is 0 Å². The van der Waals surface area contributed by atoms with Crippen LogP contribution in [0.2, 0.25) is 0 Å². The minimum atomic E-state index is -0.680. The number of anilines is 1. The van der Waals surface area contributed by atoms with E-state index in [-0.39, 0.29) is 6.04 Å². The number of piperidine rings is 1. The van der Waals surface area contributed by atoms with Gasteiger partial charge in [-0.25, -0.2) is 4.68 Å². The van der Waals surface area contributed by atoms with Crippen molar-refractivity contribution < 1.29 is 9.59 Å². The predicted octanol–water partition coefficient (Wildman–Crippen LogP) is 3.46. The summed E-state index contributed by atoms with van der Waals surface area (Å²) >= 11 is 0. The molecule has 1 unspecified atom stereocenters. The quantitative estimate of drug-likeness (QED) is 0.607. The number of likely N-dealkylation sites (tertiary alicyclic amines) is 1. The lowest BCUT2D eigenvalue weighted by Crippen LogP contribution is -2.48. The average Bonchev–Trinajstić information content (AvgIpc) is 3.27. The predicted molar refractivity (Wildman–Crippen MR) is 125 cm³/mol. The molecule has 7 heteroatoms. The van der Waals surface area contributed by atoms with Gasteiger partial charge < -0.3 is 10.6 Å². The van der Waals surface area contributed by atoms with Crippen LogP contribution in [-0.4, -0.2) is 45.6 Å². The van der Waals surface area contributed by atoms with Gasteiger partial charge in [-0.2, -0.15) is 5.10 Å². The summed E-state index contributed by atoms with van der Waals surface area (Å²) in [4.78, 5) is 27.5. The van der Waals surface area contributed by atoms with Crippen molar-refractivity contribution in [3.8, 4) is 5.69 Å². The smallest absolute Gasteiger partial charge is 0.314 e. The zero-order valence-electron chi connectivity index (χ0n) is 18.5. The summed E-state index contributed by atoms with van der Waals surface area (Å²) in [7, 11) is 0. The first-order valence-corrected chi connectivity index (χ1v) is 11.0. The number of amides is 2. The third-order valence-corrected chi connectivity index (χ3v) is 6.13. The fourth-order valence-electron chi connectivity index (χ4n) is 4.19. The Bertz CT molecular complexity index is 1070. The molecule has 1 aliphatic heterocycles. The Morgan fingerprint density at radius 2 is 1.66 bits per heavy atom. The van der Waals surface area contributed by atoms with Crippen LogP contribution in [0, 0.1) is 6.92 Å². The van der Waals surface area contributed by atoms with E-state index in [1.807, 2.05) is 37.3 Å². The van der Waals surface area contributed by atoms with Gasteiger partial charge >= 0.3 is 11.8 Å². The topological polar surface area (TPSA) is 79.3 Å². The molecule has 32 heavy (non-hydrogen) atoms. The molecule has 0 spiro atoms. The Kier molecular flexibility index (Phi) is 6.66. The first-order valence-electron chi connectivity index (χ1n) is 11.0. The highest BCUT2D eigenvalue weighted by atomic mass is 16.2. The third-order valence-electron chi connectivity index (χ3n) is 6.13. The Morgan fingerprint density at radius 1 is 0.969 bits per heavy atom. The fourth-order valence-corrected chi connectivity index (χ4v) is 4.19. The number of aryl methyl sites for hydroxylation is 1. The third kappa shape index (κ3) is 4.89. The maximum Gasteiger partial charge on any atom is 0.314 e. The number of benzene rings is 2. The highest BCUT2D eigenvalue weighted by molar-refractivity contribution is 6.39. The molecule has 2 amide bonds. The van der Waals surface area contributed by atoms with E-state index < -0.39 is 11.8 Å². The van der Waals surface area contributed by atoms with Crippen LogP contribution in [0.25, 0.3) is 5.69 Å². The molecule has 2 aromatic carbocycles. The van der Waals surface area contributed by atoms with Gasteiger partial charge in [-0.3, -0.25) is 14.5 Å². The van der Waals surface area contributed by atoms with Crippen LogP contribution in [0.3, 0.4) is 0 Å². The molecule has 0 saturated carbocycles. The maximum absolute atomic E-state index is 12.5. The van der Waals surface area contributed by atoms with E-state index in [1.165, 1.54) is 5.56 Å². The lowest BCUT2D eigenvalue weighted by molar-refractivity contribution is -0.136. The molecule has 1 fully saturated rings. The zero-order valence-corrected chi connectivity index (χ0v) is 18.5. The van der Waals surface area contributed by atoms with Crippen molar-refractivity contribution in [2.75, 3.05) is 18.4 Å². The van der Waals surface area contributed by atoms with E-state index in [1.54, 1.807) is 16.9 Å². The highest BCUT2D eigenvalue weighted by Crippen LogP contribution is 2.24. The second-order valence-electron chi connectivity index (χ2n) is 8.24. The van der Waals surface area contributed by atoms with Gasteiger partial charge in [0, 0.05) is 31.2 Å². The molecule has 166 valence electrons. The number of carbonyl (C=O) groups excluding carboxylic acids is 2. The van der Waals surface area contributed by atoms with Crippen molar-refractivity contribution in [1.82, 2.24) is 20.0 Å². The number of nitrogens with one attached hydrogen (secondary N) is 2. The average molecular weight is 432 g/mol. The minimum absolute atomic E-state index is 0.00579.